The zero-order chi connectivity index (χ0) is 14.7. The molecule has 0 spiro atoms. The molecule has 4 nitrogen and oxygen atoms in total. The Bertz CT molecular complexity index is 602. The molecule has 1 aliphatic carbocycles. The number of carbonyl (C=O) groups excluding carboxylic acids is 1. The number of imidazole rings is 1. The molecule has 1 aromatic carbocycles. The summed E-state index contributed by atoms with van der Waals surface area (Å²) in [6.45, 7) is 3.91. The molecule has 1 aliphatic rings. The van der Waals surface area contributed by atoms with E-state index in [1.807, 2.05) is 35.5 Å². The van der Waals surface area contributed by atoms with Gasteiger partial charge in [-0.2, -0.15) is 0 Å². The lowest BCUT2D eigenvalue weighted by atomic mass is 10.2. The van der Waals surface area contributed by atoms with Crippen LogP contribution in [0.4, 0.5) is 0 Å². The molecular weight excluding hydrogens is 262 g/mol. The Morgan fingerprint density at radius 3 is 2.76 bits per heavy atom. The molecule has 0 saturated heterocycles. The highest BCUT2D eigenvalue weighted by atomic mass is 16.2. The molecule has 1 aromatic heterocycles. The fourth-order valence-corrected chi connectivity index (χ4v) is 2.50. The maximum Gasteiger partial charge on any atom is 0.219 e. The summed E-state index contributed by atoms with van der Waals surface area (Å²) in [7, 11) is 0. The van der Waals surface area contributed by atoms with E-state index in [2.05, 4.69) is 21.7 Å². The van der Waals surface area contributed by atoms with E-state index in [4.69, 9.17) is 0 Å². The van der Waals surface area contributed by atoms with Gasteiger partial charge < -0.3 is 9.47 Å². The first kappa shape index (κ1) is 13.9. The molecular formula is C17H21N3O. The maximum atomic E-state index is 11.8. The number of benzene rings is 1. The average Bonchev–Trinajstić information content (AvgIpc) is 3.20. The SMILES string of the molecule is CC(=O)N(Cc1nccn1Cc1ccccc1)CC1CC1. The molecule has 0 bridgehead atoms. The quantitative estimate of drug-likeness (QED) is 0.817. The van der Waals surface area contributed by atoms with Gasteiger partial charge in [0.2, 0.25) is 5.91 Å². The summed E-state index contributed by atoms with van der Waals surface area (Å²) >= 11 is 0. The zero-order valence-corrected chi connectivity index (χ0v) is 12.4. The topological polar surface area (TPSA) is 38.1 Å². The van der Waals surface area contributed by atoms with E-state index in [0.29, 0.717) is 12.5 Å². The van der Waals surface area contributed by atoms with Gasteiger partial charge in [0.05, 0.1) is 6.54 Å². The summed E-state index contributed by atoms with van der Waals surface area (Å²) in [4.78, 5) is 18.1. The molecule has 4 heteroatoms. The Kier molecular flexibility index (Phi) is 4.04. The van der Waals surface area contributed by atoms with Crippen molar-refractivity contribution in [1.82, 2.24) is 14.5 Å². The molecule has 110 valence electrons. The molecule has 1 saturated carbocycles. The summed E-state index contributed by atoms with van der Waals surface area (Å²) in [6, 6.07) is 10.3. The highest BCUT2D eigenvalue weighted by Gasteiger charge is 2.26. The molecule has 0 unspecified atom stereocenters. The van der Waals surface area contributed by atoms with E-state index in [1.165, 1.54) is 18.4 Å². The van der Waals surface area contributed by atoms with Crippen molar-refractivity contribution in [1.29, 1.82) is 0 Å². The number of amides is 1. The van der Waals surface area contributed by atoms with Crippen LogP contribution in [0.25, 0.3) is 0 Å². The second-order valence-corrected chi connectivity index (χ2v) is 5.80. The summed E-state index contributed by atoms with van der Waals surface area (Å²) in [5.74, 6) is 1.79. The lowest BCUT2D eigenvalue weighted by Crippen LogP contribution is -2.31. The summed E-state index contributed by atoms with van der Waals surface area (Å²) in [6.07, 6.45) is 6.30. The Balaban J connectivity index is 1.70. The van der Waals surface area contributed by atoms with Crippen LogP contribution in [0.1, 0.15) is 31.2 Å². The molecule has 0 N–H and O–H groups in total. The van der Waals surface area contributed by atoms with E-state index < -0.39 is 0 Å². The normalized spacial score (nSPS) is 14.1. The van der Waals surface area contributed by atoms with Gasteiger partial charge in [-0.05, 0) is 24.3 Å². The number of nitrogens with zero attached hydrogens (tertiary/aromatic N) is 3. The van der Waals surface area contributed by atoms with Crippen LogP contribution < -0.4 is 0 Å². The van der Waals surface area contributed by atoms with E-state index in [1.54, 1.807) is 6.92 Å². The fourth-order valence-electron chi connectivity index (χ4n) is 2.50. The van der Waals surface area contributed by atoms with Crippen LogP contribution in [0.2, 0.25) is 0 Å². The maximum absolute atomic E-state index is 11.8. The molecule has 1 heterocycles. The van der Waals surface area contributed by atoms with Gasteiger partial charge in [0.25, 0.3) is 0 Å². The minimum absolute atomic E-state index is 0.135. The minimum Gasteiger partial charge on any atom is -0.335 e. The summed E-state index contributed by atoms with van der Waals surface area (Å²) in [5, 5.41) is 0. The first-order chi connectivity index (χ1) is 10.2. The van der Waals surface area contributed by atoms with E-state index in [-0.39, 0.29) is 5.91 Å². The summed E-state index contributed by atoms with van der Waals surface area (Å²) < 4.78 is 2.12. The van der Waals surface area contributed by atoms with Crippen molar-refractivity contribution in [3.05, 3.63) is 54.1 Å². The Hall–Kier alpha value is -2.10. The van der Waals surface area contributed by atoms with Crippen LogP contribution in [-0.2, 0) is 17.9 Å². The summed E-state index contributed by atoms with van der Waals surface area (Å²) in [5.41, 5.74) is 1.24. The van der Waals surface area contributed by atoms with Crippen LogP contribution in [0.15, 0.2) is 42.7 Å². The molecule has 1 fully saturated rings. The average molecular weight is 283 g/mol. The highest BCUT2D eigenvalue weighted by molar-refractivity contribution is 5.73. The third-order valence-electron chi connectivity index (χ3n) is 3.95. The van der Waals surface area contributed by atoms with Crippen molar-refractivity contribution in [2.45, 2.75) is 32.9 Å². The lowest BCUT2D eigenvalue weighted by molar-refractivity contribution is -0.129. The molecule has 2 aromatic rings. The lowest BCUT2D eigenvalue weighted by Gasteiger charge is -2.21. The van der Waals surface area contributed by atoms with Gasteiger partial charge in [0, 0.05) is 32.4 Å². The van der Waals surface area contributed by atoms with Crippen LogP contribution in [0.3, 0.4) is 0 Å². The molecule has 21 heavy (non-hydrogen) atoms. The molecule has 0 aliphatic heterocycles. The number of hydrogen-bond acceptors (Lipinski definition) is 2. The van der Waals surface area contributed by atoms with Crippen molar-refractivity contribution in [3.8, 4) is 0 Å². The molecule has 0 atom stereocenters. The molecule has 1 amide bonds. The first-order valence-corrected chi connectivity index (χ1v) is 7.52. The largest absolute Gasteiger partial charge is 0.335 e. The van der Waals surface area contributed by atoms with Crippen LogP contribution in [-0.4, -0.2) is 26.9 Å². The second kappa shape index (κ2) is 6.12. The predicted octanol–water partition coefficient (Wildman–Crippen LogP) is 2.69. The van der Waals surface area contributed by atoms with E-state index in [9.17, 15) is 4.79 Å². The van der Waals surface area contributed by atoms with E-state index >= 15 is 0 Å². The van der Waals surface area contributed by atoms with Crippen LogP contribution in [0, 0.1) is 5.92 Å². The van der Waals surface area contributed by atoms with Crippen molar-refractivity contribution in [3.63, 3.8) is 0 Å². The van der Waals surface area contributed by atoms with Gasteiger partial charge in [-0.1, -0.05) is 30.3 Å². The minimum atomic E-state index is 0.135. The Morgan fingerprint density at radius 2 is 2.10 bits per heavy atom. The monoisotopic (exact) mass is 283 g/mol. The zero-order valence-electron chi connectivity index (χ0n) is 12.4. The smallest absolute Gasteiger partial charge is 0.219 e. The van der Waals surface area contributed by atoms with E-state index in [0.717, 1.165) is 18.9 Å². The number of hydrogen-bond donors (Lipinski definition) is 0. The third-order valence-corrected chi connectivity index (χ3v) is 3.95. The highest BCUT2D eigenvalue weighted by Crippen LogP contribution is 2.30. The van der Waals surface area contributed by atoms with Crippen LogP contribution >= 0.6 is 0 Å². The number of carbonyl (C=O) groups is 1. The van der Waals surface area contributed by atoms with Gasteiger partial charge >= 0.3 is 0 Å². The Morgan fingerprint density at radius 1 is 1.33 bits per heavy atom. The van der Waals surface area contributed by atoms with Crippen LogP contribution in [0.5, 0.6) is 0 Å². The van der Waals surface area contributed by atoms with Gasteiger partial charge in [0.15, 0.2) is 0 Å². The van der Waals surface area contributed by atoms with Gasteiger partial charge in [-0.25, -0.2) is 4.98 Å². The first-order valence-electron chi connectivity index (χ1n) is 7.52. The van der Waals surface area contributed by atoms with Gasteiger partial charge in [-0.15, -0.1) is 0 Å². The van der Waals surface area contributed by atoms with Crippen molar-refractivity contribution < 1.29 is 4.79 Å². The van der Waals surface area contributed by atoms with Gasteiger partial charge in [0.1, 0.15) is 5.82 Å². The molecule has 3 rings (SSSR count). The third kappa shape index (κ3) is 3.72. The Labute approximate surface area is 125 Å². The molecule has 0 radical (unpaired) electrons. The van der Waals surface area contributed by atoms with Crippen molar-refractivity contribution in [2.75, 3.05) is 6.54 Å². The number of rotatable bonds is 6. The second-order valence-electron chi connectivity index (χ2n) is 5.80. The number of aromatic nitrogens is 2. The van der Waals surface area contributed by atoms with Crippen molar-refractivity contribution in [2.24, 2.45) is 5.92 Å². The standard InChI is InChI=1S/C17H21N3O/c1-14(21)20(12-16-7-8-16)13-17-18-9-10-19(17)11-15-5-3-2-4-6-15/h2-6,9-10,16H,7-8,11-13H2,1H3. The van der Waals surface area contributed by atoms with Crippen molar-refractivity contribution >= 4 is 5.91 Å². The van der Waals surface area contributed by atoms with Gasteiger partial charge in [-0.3, -0.25) is 4.79 Å². The predicted molar refractivity (Wildman–Crippen MR) is 81.6 cm³/mol. The fraction of sp³-hybridized carbons (Fsp3) is 0.412.